The van der Waals surface area contributed by atoms with Crippen LogP contribution in [0.4, 0.5) is 10.8 Å². The molecule has 0 saturated heterocycles. The van der Waals surface area contributed by atoms with Gasteiger partial charge in [0.05, 0.1) is 18.5 Å². The zero-order valence-corrected chi connectivity index (χ0v) is 17.8. The fourth-order valence-corrected chi connectivity index (χ4v) is 5.34. The Kier molecular flexibility index (Phi) is 5.64. The number of thiazole rings is 1. The number of amides is 1. The molecule has 0 N–H and O–H groups in total. The molecule has 1 aromatic carbocycles. The lowest BCUT2D eigenvalue weighted by molar-refractivity contribution is -0.115. The molecule has 3 aromatic rings. The van der Waals surface area contributed by atoms with Crippen LogP contribution >= 0.6 is 22.7 Å². The molecule has 1 amide bonds. The minimum absolute atomic E-state index is 0.0650. The van der Waals surface area contributed by atoms with Crippen LogP contribution in [0.1, 0.15) is 39.2 Å². The van der Waals surface area contributed by atoms with E-state index in [1.54, 1.807) is 24.6 Å². The Morgan fingerprint density at radius 1 is 1.24 bits per heavy atom. The molecule has 0 unspecified atom stereocenters. The third-order valence-corrected chi connectivity index (χ3v) is 6.76. The van der Waals surface area contributed by atoms with Gasteiger partial charge in [-0.15, -0.1) is 22.7 Å². The average Bonchev–Trinajstić information content (AvgIpc) is 3.43. The number of thiophene rings is 1. The van der Waals surface area contributed by atoms with Crippen LogP contribution in [0.2, 0.25) is 0 Å². The number of methoxy groups -OCH3 is 1. The second kappa shape index (κ2) is 8.34. The first-order valence-corrected chi connectivity index (χ1v) is 10.9. The smallest absolute Gasteiger partial charge is 0.348 e. The molecule has 8 heteroatoms. The fourth-order valence-electron chi connectivity index (χ4n) is 3.33. The molecule has 0 fully saturated rings. The van der Waals surface area contributed by atoms with E-state index in [0.717, 1.165) is 19.3 Å². The van der Waals surface area contributed by atoms with Crippen LogP contribution in [0.15, 0.2) is 35.7 Å². The van der Waals surface area contributed by atoms with Crippen molar-refractivity contribution in [3.8, 4) is 5.75 Å². The summed E-state index contributed by atoms with van der Waals surface area (Å²) in [5.74, 6) is 0.0734. The highest BCUT2D eigenvalue weighted by Crippen LogP contribution is 2.35. The number of hydrogen-bond acceptors (Lipinski definition) is 7. The van der Waals surface area contributed by atoms with Gasteiger partial charge < -0.3 is 9.47 Å². The van der Waals surface area contributed by atoms with Crippen molar-refractivity contribution in [1.82, 2.24) is 4.98 Å². The largest absolute Gasteiger partial charge is 0.495 e. The average molecular weight is 429 g/mol. The Labute approximate surface area is 176 Å². The van der Waals surface area contributed by atoms with Crippen molar-refractivity contribution < 1.29 is 19.1 Å². The maximum absolute atomic E-state index is 12.4. The second-order valence-corrected chi connectivity index (χ2v) is 8.61. The lowest BCUT2D eigenvalue weighted by Crippen LogP contribution is -2.23. The van der Waals surface area contributed by atoms with Crippen LogP contribution in [0.3, 0.4) is 0 Å². The van der Waals surface area contributed by atoms with Crippen LogP contribution in [-0.2, 0) is 29.0 Å². The molecule has 4 rings (SSSR count). The summed E-state index contributed by atoms with van der Waals surface area (Å²) in [7, 11) is 1.56. The first-order valence-electron chi connectivity index (χ1n) is 9.23. The minimum atomic E-state index is -0.327. The number of ether oxygens (including phenoxy) is 2. The van der Waals surface area contributed by atoms with Crippen molar-refractivity contribution in [3.05, 3.63) is 56.7 Å². The number of anilines is 2. The molecular weight excluding hydrogens is 408 g/mol. The molecule has 1 aliphatic carbocycles. The number of rotatable bonds is 6. The number of nitrogens with zero attached hydrogens (tertiary/aromatic N) is 2. The van der Waals surface area contributed by atoms with Crippen LogP contribution in [0, 0.1) is 0 Å². The van der Waals surface area contributed by atoms with E-state index in [2.05, 4.69) is 4.98 Å². The van der Waals surface area contributed by atoms with E-state index < -0.39 is 0 Å². The highest BCUT2D eigenvalue weighted by atomic mass is 32.1. The standard InChI is InChI=1S/C21H20N2O4S2/c1-13(24)23(16-7-3-4-8-17(16)26-2)21-22-15(12-28-21)11-27-20(25)19-10-14-6-5-9-18(14)29-19/h3-4,7-8,10,12H,5-6,9,11H2,1-2H3. The molecular formula is C21H20N2O4S2. The summed E-state index contributed by atoms with van der Waals surface area (Å²) < 4.78 is 10.8. The summed E-state index contributed by atoms with van der Waals surface area (Å²) in [6.45, 7) is 1.54. The SMILES string of the molecule is COc1ccccc1N(C(C)=O)c1nc(COC(=O)c2cc3c(s2)CCC3)cs1. The molecule has 0 atom stereocenters. The third-order valence-electron chi connectivity index (χ3n) is 4.67. The van der Waals surface area contributed by atoms with E-state index in [1.807, 2.05) is 18.2 Å². The molecule has 0 spiro atoms. The Balaban J connectivity index is 1.47. The molecule has 2 aromatic heterocycles. The van der Waals surface area contributed by atoms with Gasteiger partial charge in [-0.25, -0.2) is 9.78 Å². The van der Waals surface area contributed by atoms with Crippen molar-refractivity contribution in [2.24, 2.45) is 0 Å². The summed E-state index contributed by atoms with van der Waals surface area (Å²) in [4.78, 5) is 32.6. The quantitative estimate of drug-likeness (QED) is 0.530. The first-order chi connectivity index (χ1) is 14.1. The summed E-state index contributed by atoms with van der Waals surface area (Å²) in [5, 5.41) is 2.30. The monoisotopic (exact) mass is 428 g/mol. The summed E-state index contributed by atoms with van der Waals surface area (Å²) in [6.07, 6.45) is 3.25. The van der Waals surface area contributed by atoms with Crippen molar-refractivity contribution in [3.63, 3.8) is 0 Å². The van der Waals surface area contributed by atoms with Crippen LogP contribution in [0.5, 0.6) is 5.75 Å². The van der Waals surface area contributed by atoms with Crippen LogP contribution in [-0.4, -0.2) is 24.0 Å². The molecule has 1 aliphatic rings. The topological polar surface area (TPSA) is 68.7 Å². The Morgan fingerprint density at radius 3 is 2.83 bits per heavy atom. The van der Waals surface area contributed by atoms with E-state index in [0.29, 0.717) is 27.1 Å². The Hall–Kier alpha value is -2.71. The summed E-state index contributed by atoms with van der Waals surface area (Å²) in [6, 6.07) is 9.22. The van der Waals surface area contributed by atoms with Crippen molar-refractivity contribution in [2.75, 3.05) is 12.0 Å². The van der Waals surface area contributed by atoms with Crippen molar-refractivity contribution >= 4 is 45.4 Å². The van der Waals surface area contributed by atoms with Gasteiger partial charge >= 0.3 is 5.97 Å². The van der Waals surface area contributed by atoms with Gasteiger partial charge in [0.2, 0.25) is 5.91 Å². The van der Waals surface area contributed by atoms with Gasteiger partial charge in [0.1, 0.15) is 17.2 Å². The molecule has 2 heterocycles. The highest BCUT2D eigenvalue weighted by molar-refractivity contribution is 7.14. The number of para-hydroxylation sites is 2. The Morgan fingerprint density at radius 2 is 2.07 bits per heavy atom. The first kappa shape index (κ1) is 19.6. The number of carbonyl (C=O) groups is 2. The second-order valence-electron chi connectivity index (χ2n) is 6.64. The van der Waals surface area contributed by atoms with Crippen molar-refractivity contribution in [1.29, 1.82) is 0 Å². The maximum atomic E-state index is 12.4. The predicted octanol–water partition coefficient (Wildman–Crippen LogP) is 4.74. The van der Waals surface area contributed by atoms with Gasteiger partial charge in [-0.3, -0.25) is 9.69 Å². The molecule has 150 valence electrons. The maximum Gasteiger partial charge on any atom is 0.348 e. The third kappa shape index (κ3) is 4.04. The molecule has 6 nitrogen and oxygen atoms in total. The van der Waals surface area contributed by atoms with Gasteiger partial charge in [0, 0.05) is 17.2 Å². The molecule has 29 heavy (non-hydrogen) atoms. The van der Waals surface area contributed by atoms with E-state index in [1.165, 1.54) is 44.9 Å². The zero-order chi connectivity index (χ0) is 20.4. The lowest BCUT2D eigenvalue weighted by atomic mass is 10.2. The number of fused-ring (bicyclic) bond motifs is 1. The van der Waals surface area contributed by atoms with Crippen LogP contribution < -0.4 is 9.64 Å². The highest BCUT2D eigenvalue weighted by Gasteiger charge is 2.22. The van der Waals surface area contributed by atoms with E-state index in [4.69, 9.17) is 9.47 Å². The van der Waals surface area contributed by atoms with E-state index >= 15 is 0 Å². The van der Waals surface area contributed by atoms with E-state index in [-0.39, 0.29) is 18.5 Å². The number of aryl methyl sites for hydroxylation is 2. The van der Waals surface area contributed by atoms with Gasteiger partial charge in [-0.05, 0) is 43.0 Å². The van der Waals surface area contributed by atoms with Crippen LogP contribution in [0.25, 0.3) is 0 Å². The minimum Gasteiger partial charge on any atom is -0.495 e. The number of benzene rings is 1. The summed E-state index contributed by atoms with van der Waals surface area (Å²) in [5.41, 5.74) is 2.49. The van der Waals surface area contributed by atoms with Gasteiger partial charge in [-0.2, -0.15) is 0 Å². The number of hydrogen-bond donors (Lipinski definition) is 0. The molecule has 0 bridgehead atoms. The lowest BCUT2D eigenvalue weighted by Gasteiger charge is -2.20. The van der Waals surface area contributed by atoms with E-state index in [9.17, 15) is 9.59 Å². The van der Waals surface area contributed by atoms with Crippen molar-refractivity contribution in [2.45, 2.75) is 32.8 Å². The number of esters is 1. The van der Waals surface area contributed by atoms with Gasteiger partial charge in [-0.1, -0.05) is 12.1 Å². The Bertz CT molecular complexity index is 1040. The molecule has 0 saturated carbocycles. The molecule has 0 aliphatic heterocycles. The van der Waals surface area contributed by atoms with Gasteiger partial charge in [0.25, 0.3) is 0 Å². The zero-order valence-electron chi connectivity index (χ0n) is 16.1. The van der Waals surface area contributed by atoms with Gasteiger partial charge in [0.15, 0.2) is 5.13 Å². The number of aromatic nitrogens is 1. The summed E-state index contributed by atoms with van der Waals surface area (Å²) >= 11 is 2.84. The molecule has 0 radical (unpaired) electrons. The number of carbonyl (C=O) groups excluding carboxylic acids is 2. The fraction of sp³-hybridized carbons (Fsp3) is 0.286. The predicted molar refractivity (Wildman–Crippen MR) is 113 cm³/mol. The normalized spacial score (nSPS) is 12.5.